The van der Waals surface area contributed by atoms with Crippen LogP contribution in [0.25, 0.3) is 0 Å². The van der Waals surface area contributed by atoms with Crippen LogP contribution in [0.15, 0.2) is 54.6 Å². The topological polar surface area (TPSA) is 126 Å². The highest BCUT2D eigenvalue weighted by molar-refractivity contribution is 7.86. The average molecular weight is 623 g/mol. The van der Waals surface area contributed by atoms with Crippen LogP contribution in [0.3, 0.4) is 0 Å². The summed E-state index contributed by atoms with van der Waals surface area (Å²) in [5, 5.41) is 11.7. The van der Waals surface area contributed by atoms with Gasteiger partial charge in [0.05, 0.1) is 34.3 Å². The van der Waals surface area contributed by atoms with Crippen molar-refractivity contribution in [3.8, 4) is 0 Å². The van der Waals surface area contributed by atoms with Gasteiger partial charge in [-0.1, -0.05) is 36.7 Å². The molecule has 1 fully saturated rings. The van der Waals surface area contributed by atoms with Crippen LogP contribution in [0, 0.1) is 12.3 Å². The second-order valence-electron chi connectivity index (χ2n) is 10.6. The largest absolute Gasteiger partial charge is 0.417 e. The number of fused-ring (bicyclic) bond motifs is 1. The van der Waals surface area contributed by atoms with Crippen LogP contribution in [0.1, 0.15) is 51.6 Å². The van der Waals surface area contributed by atoms with E-state index in [2.05, 4.69) is 21.3 Å². The number of hydrogen-bond acceptors (Lipinski definition) is 7. The Morgan fingerprint density at radius 3 is 2.29 bits per heavy atom. The summed E-state index contributed by atoms with van der Waals surface area (Å²) in [5.41, 5.74) is -1.13. The highest BCUT2D eigenvalue weighted by Gasteiger charge is 2.62. The number of alkyl halides is 3. The number of nitrogens with one attached hydrogen (secondary N) is 4. The number of rotatable bonds is 7. The summed E-state index contributed by atoms with van der Waals surface area (Å²) in [6, 6.07) is 11.9. The molecule has 42 heavy (non-hydrogen) atoms. The maximum atomic E-state index is 13.6. The fourth-order valence-corrected chi connectivity index (χ4v) is 5.71. The zero-order chi connectivity index (χ0) is 30.7. The van der Waals surface area contributed by atoms with Crippen molar-refractivity contribution in [3.05, 3.63) is 81.9 Å². The molecule has 1 unspecified atom stereocenters. The minimum absolute atomic E-state index is 0.0194. The summed E-state index contributed by atoms with van der Waals surface area (Å²) in [7, 11) is -4.02. The normalized spacial score (nSPS) is 18.8. The van der Waals surface area contributed by atoms with Crippen molar-refractivity contribution in [3.63, 3.8) is 0 Å². The summed E-state index contributed by atoms with van der Waals surface area (Å²) in [4.78, 5) is 26.7. The Morgan fingerprint density at radius 2 is 1.64 bits per heavy atom. The molecule has 2 aliphatic rings. The molecule has 0 saturated heterocycles. The summed E-state index contributed by atoms with van der Waals surface area (Å²) in [6.07, 6.45) is -2.69. The Balaban J connectivity index is 1.58. The van der Waals surface area contributed by atoms with Gasteiger partial charge in [-0.3, -0.25) is 9.59 Å². The fraction of sp³-hybridized carbons (Fsp3) is 0.286. The molecule has 0 spiro atoms. The van der Waals surface area contributed by atoms with E-state index < -0.39 is 50.5 Å². The van der Waals surface area contributed by atoms with Crippen LogP contribution in [0.5, 0.6) is 0 Å². The zero-order valence-electron chi connectivity index (χ0n) is 22.6. The smallest absolute Gasteiger partial charge is 0.337 e. The van der Waals surface area contributed by atoms with Crippen molar-refractivity contribution in [2.24, 2.45) is 5.41 Å². The predicted octanol–water partition coefficient (Wildman–Crippen LogP) is 6.44. The van der Waals surface area contributed by atoms with Crippen molar-refractivity contribution in [1.82, 2.24) is 0 Å². The van der Waals surface area contributed by atoms with Crippen molar-refractivity contribution in [2.75, 3.05) is 27.5 Å². The van der Waals surface area contributed by atoms with Gasteiger partial charge < -0.3 is 21.3 Å². The Morgan fingerprint density at radius 1 is 0.976 bits per heavy atom. The molecule has 0 bridgehead atoms. The quantitative estimate of drug-likeness (QED) is 0.224. The molecule has 4 N–H and O–H groups in total. The zero-order valence-corrected chi connectivity index (χ0v) is 24.1. The van der Waals surface area contributed by atoms with Crippen LogP contribution in [-0.2, 0) is 20.5 Å². The molecule has 14 heteroatoms. The van der Waals surface area contributed by atoms with E-state index in [0.29, 0.717) is 29.1 Å². The second kappa shape index (κ2) is 10.2. The molecule has 1 aliphatic carbocycles. The SMILES string of the molecule is Cc1c(Cl)cccc1NC(=O)c1cc(NC(=O)c2ccccc2C(F)(F)F)cc2c1NC(OS(C)(=O)=O)(C1(C)CC1)N2. The predicted molar refractivity (Wildman–Crippen MR) is 153 cm³/mol. The summed E-state index contributed by atoms with van der Waals surface area (Å²) in [6.45, 7) is 3.51. The van der Waals surface area contributed by atoms with Crippen molar-refractivity contribution in [1.29, 1.82) is 0 Å². The maximum absolute atomic E-state index is 13.6. The van der Waals surface area contributed by atoms with Crippen LogP contribution in [0.4, 0.5) is 35.9 Å². The van der Waals surface area contributed by atoms with E-state index in [4.69, 9.17) is 15.8 Å². The molecule has 1 saturated carbocycles. The van der Waals surface area contributed by atoms with Crippen LogP contribution < -0.4 is 21.3 Å². The first kappa shape index (κ1) is 29.7. The van der Waals surface area contributed by atoms with Crippen molar-refractivity contribution < 1.29 is 35.4 Å². The Kier molecular flexibility index (Phi) is 7.19. The van der Waals surface area contributed by atoms with Crippen LogP contribution in [0.2, 0.25) is 5.02 Å². The lowest BCUT2D eigenvalue weighted by Gasteiger charge is -2.35. The van der Waals surface area contributed by atoms with Crippen LogP contribution in [-0.4, -0.2) is 32.3 Å². The second-order valence-corrected chi connectivity index (χ2v) is 12.6. The monoisotopic (exact) mass is 622 g/mol. The number of anilines is 4. The first-order valence-corrected chi connectivity index (χ1v) is 14.9. The van der Waals surface area contributed by atoms with Gasteiger partial charge in [0.25, 0.3) is 21.9 Å². The molecule has 3 aromatic carbocycles. The third-order valence-electron chi connectivity index (χ3n) is 7.37. The van der Waals surface area contributed by atoms with Gasteiger partial charge >= 0.3 is 6.18 Å². The number of amides is 2. The van der Waals surface area contributed by atoms with E-state index in [0.717, 1.165) is 18.4 Å². The van der Waals surface area contributed by atoms with Gasteiger partial charge in [0.15, 0.2) is 0 Å². The van der Waals surface area contributed by atoms with E-state index in [1.807, 2.05) is 0 Å². The van der Waals surface area contributed by atoms with E-state index in [1.165, 1.54) is 24.3 Å². The van der Waals surface area contributed by atoms with E-state index in [1.54, 1.807) is 32.0 Å². The molecular weight excluding hydrogens is 597 g/mol. The number of hydrogen-bond donors (Lipinski definition) is 4. The van der Waals surface area contributed by atoms with E-state index >= 15 is 0 Å². The summed E-state index contributed by atoms with van der Waals surface area (Å²) >= 11 is 6.20. The molecule has 3 aromatic rings. The number of carbonyl (C=O) groups is 2. The fourth-order valence-electron chi connectivity index (χ4n) is 4.79. The molecule has 222 valence electrons. The summed E-state index contributed by atoms with van der Waals surface area (Å²) in [5.74, 6) is -3.37. The molecule has 1 heterocycles. The lowest BCUT2D eigenvalue weighted by molar-refractivity contribution is -0.137. The minimum Gasteiger partial charge on any atom is -0.337 e. The van der Waals surface area contributed by atoms with Gasteiger partial charge in [0.2, 0.25) is 5.85 Å². The van der Waals surface area contributed by atoms with Crippen molar-refractivity contribution >= 4 is 56.3 Å². The highest BCUT2D eigenvalue weighted by atomic mass is 35.5. The molecule has 9 nitrogen and oxygen atoms in total. The van der Waals surface area contributed by atoms with Gasteiger partial charge in [0.1, 0.15) is 0 Å². The molecule has 5 rings (SSSR count). The third kappa shape index (κ3) is 5.63. The lowest BCUT2D eigenvalue weighted by atomic mass is 10.0. The number of halogens is 4. The maximum Gasteiger partial charge on any atom is 0.417 e. The van der Waals surface area contributed by atoms with Gasteiger partial charge in [-0.25, -0.2) is 4.18 Å². The van der Waals surface area contributed by atoms with Gasteiger partial charge in [-0.15, -0.1) is 0 Å². The standard InChI is InChI=1S/C28H26ClF3N4O5S/c1-15-20(29)9-6-10-21(15)34-25(38)18-13-16(33-24(37)17-7-4-5-8-19(17)27(30,31)32)14-22-23(18)36-28(35-22,26(2)11-12-26)41-42(3,39)40/h4-10,13-14,35-36H,11-12H2,1-3H3,(H,33,37)(H,34,38). The molecule has 0 radical (unpaired) electrons. The molecule has 1 atom stereocenters. The van der Waals surface area contributed by atoms with Gasteiger partial charge in [-0.05, 0) is 61.7 Å². The number of benzene rings is 3. The number of carbonyl (C=O) groups excluding carboxylic acids is 2. The molecule has 0 aromatic heterocycles. The first-order valence-electron chi connectivity index (χ1n) is 12.7. The summed E-state index contributed by atoms with van der Waals surface area (Å²) < 4.78 is 70.8. The molecule has 1 aliphatic heterocycles. The Bertz CT molecular complexity index is 1730. The highest BCUT2D eigenvalue weighted by Crippen LogP contribution is 2.59. The van der Waals surface area contributed by atoms with Crippen molar-refractivity contribution in [2.45, 2.75) is 38.7 Å². The molecular formula is C28H26ClF3N4O5S. The Labute approximate surface area is 244 Å². The van der Waals surface area contributed by atoms with Gasteiger partial charge in [-0.2, -0.15) is 21.6 Å². The molecule has 2 amide bonds. The lowest BCUT2D eigenvalue weighted by Crippen LogP contribution is -2.53. The van der Waals surface area contributed by atoms with E-state index in [9.17, 15) is 31.2 Å². The Hall–Kier alpha value is -3.81. The van der Waals surface area contributed by atoms with Crippen LogP contribution >= 0.6 is 11.6 Å². The average Bonchev–Trinajstić information content (AvgIpc) is 3.54. The first-order chi connectivity index (χ1) is 19.5. The van der Waals surface area contributed by atoms with E-state index in [-0.39, 0.29) is 22.6 Å². The minimum atomic E-state index is -4.78. The third-order valence-corrected chi connectivity index (χ3v) is 8.33. The van der Waals surface area contributed by atoms with Gasteiger partial charge in [0, 0.05) is 21.8 Å².